The van der Waals surface area contributed by atoms with Crippen LogP contribution in [-0.4, -0.2) is 12.1 Å². The predicted octanol–water partition coefficient (Wildman–Crippen LogP) is 4.78. The van der Waals surface area contributed by atoms with E-state index in [1.54, 1.807) is 18.3 Å². The molecule has 4 rings (SSSR count). The van der Waals surface area contributed by atoms with Crippen LogP contribution in [0.3, 0.4) is 0 Å². The maximum atomic E-state index is 11.7. The van der Waals surface area contributed by atoms with Gasteiger partial charge in [0, 0.05) is 0 Å². The van der Waals surface area contributed by atoms with Crippen molar-refractivity contribution in [2.45, 2.75) is 6.61 Å². The Morgan fingerprint density at radius 1 is 0.964 bits per heavy atom. The van der Waals surface area contributed by atoms with Gasteiger partial charge in [-0.1, -0.05) is 42.5 Å². The lowest BCUT2D eigenvalue weighted by Gasteiger charge is -2.09. The van der Waals surface area contributed by atoms with Gasteiger partial charge in [0.1, 0.15) is 12.4 Å². The van der Waals surface area contributed by atoms with Gasteiger partial charge in [-0.2, -0.15) is 5.10 Å². The number of nitrogens with one attached hydrogen (secondary N) is 1. The Balaban J connectivity index is 1.35. The van der Waals surface area contributed by atoms with Gasteiger partial charge in [0.25, 0.3) is 0 Å². The second-order valence-electron chi connectivity index (χ2n) is 6.17. The summed E-state index contributed by atoms with van der Waals surface area (Å²) in [5.41, 5.74) is 4.40. The first-order valence-electron chi connectivity index (χ1n) is 8.86. The van der Waals surface area contributed by atoms with Crippen LogP contribution in [0, 0.1) is 0 Å². The molecular weight excluding hydrogens is 352 g/mol. The summed E-state index contributed by atoms with van der Waals surface area (Å²) < 4.78 is 10.9. The number of furan rings is 1. The fourth-order valence-electron chi connectivity index (χ4n) is 2.86. The molecule has 3 aromatic carbocycles. The lowest BCUT2D eigenvalue weighted by Crippen LogP contribution is -2.16. The van der Waals surface area contributed by atoms with Crippen molar-refractivity contribution >= 4 is 22.9 Å². The maximum absolute atomic E-state index is 11.7. The highest BCUT2D eigenvalue weighted by atomic mass is 16.5. The van der Waals surface area contributed by atoms with E-state index in [9.17, 15) is 4.79 Å². The molecule has 0 atom stereocenters. The number of amides is 1. The molecule has 0 aliphatic rings. The smallest absolute Gasteiger partial charge is 0.307 e. The van der Waals surface area contributed by atoms with Crippen LogP contribution >= 0.6 is 0 Å². The van der Waals surface area contributed by atoms with Crippen LogP contribution in [0.2, 0.25) is 0 Å². The minimum atomic E-state index is -0.392. The average molecular weight is 370 g/mol. The molecular formula is C23H18N2O3. The molecule has 28 heavy (non-hydrogen) atoms. The summed E-state index contributed by atoms with van der Waals surface area (Å²) in [4.78, 5) is 11.7. The molecule has 0 radical (unpaired) electrons. The van der Waals surface area contributed by atoms with Crippen molar-refractivity contribution in [3.63, 3.8) is 0 Å². The van der Waals surface area contributed by atoms with Crippen LogP contribution in [0.15, 0.2) is 94.6 Å². The number of rotatable bonds is 6. The third-order valence-electron chi connectivity index (χ3n) is 4.28. The second kappa shape index (κ2) is 8.22. The van der Waals surface area contributed by atoms with Gasteiger partial charge in [0.15, 0.2) is 5.76 Å². The van der Waals surface area contributed by atoms with E-state index >= 15 is 0 Å². The quantitative estimate of drug-likeness (QED) is 0.393. The maximum Gasteiger partial charge on any atom is 0.307 e. The van der Waals surface area contributed by atoms with Crippen molar-refractivity contribution in [3.8, 4) is 5.75 Å². The molecule has 138 valence electrons. The number of hydrazone groups is 1. The molecule has 1 N–H and O–H groups in total. The summed E-state index contributed by atoms with van der Waals surface area (Å²) in [6.07, 6.45) is 3.00. The summed E-state index contributed by atoms with van der Waals surface area (Å²) in [6, 6.07) is 25.2. The molecule has 0 saturated heterocycles. The zero-order valence-electron chi connectivity index (χ0n) is 15.0. The Morgan fingerprint density at radius 3 is 2.61 bits per heavy atom. The highest BCUT2D eigenvalue weighted by Gasteiger charge is 2.06. The zero-order chi connectivity index (χ0) is 19.2. The number of carbonyl (C=O) groups excluding carboxylic acids is 1. The minimum absolute atomic E-state index is 0.217. The topological polar surface area (TPSA) is 63.8 Å². The molecule has 0 spiro atoms. The number of hydrogen-bond acceptors (Lipinski definition) is 4. The Labute approximate surface area is 162 Å². The van der Waals surface area contributed by atoms with Crippen LogP contribution in [0.1, 0.15) is 21.7 Å². The fourth-order valence-corrected chi connectivity index (χ4v) is 2.86. The zero-order valence-corrected chi connectivity index (χ0v) is 15.0. The van der Waals surface area contributed by atoms with Crippen LogP contribution in [0.4, 0.5) is 0 Å². The van der Waals surface area contributed by atoms with Gasteiger partial charge >= 0.3 is 5.91 Å². The molecule has 4 aromatic rings. The standard InChI is InChI=1S/C23H18N2O3/c26-23(22-9-4-14-27-22)25-24-15-17-10-12-20(13-11-17)28-16-19-7-3-6-18-5-1-2-8-21(18)19/h1-15H,16H2,(H,25,26)/b24-15-. The van der Waals surface area contributed by atoms with Crippen molar-refractivity contribution in [3.05, 3.63) is 102 Å². The third kappa shape index (κ3) is 4.10. The van der Waals surface area contributed by atoms with E-state index in [-0.39, 0.29) is 5.76 Å². The summed E-state index contributed by atoms with van der Waals surface area (Å²) in [5.74, 6) is 0.593. The minimum Gasteiger partial charge on any atom is -0.489 e. The van der Waals surface area contributed by atoms with Gasteiger partial charge in [-0.3, -0.25) is 4.79 Å². The van der Waals surface area contributed by atoms with Crippen LogP contribution in [0.5, 0.6) is 5.75 Å². The monoisotopic (exact) mass is 370 g/mol. The van der Waals surface area contributed by atoms with Crippen LogP contribution < -0.4 is 10.2 Å². The molecule has 1 aromatic heterocycles. The summed E-state index contributed by atoms with van der Waals surface area (Å²) in [7, 11) is 0. The highest BCUT2D eigenvalue weighted by molar-refractivity contribution is 5.92. The third-order valence-corrected chi connectivity index (χ3v) is 4.28. The highest BCUT2D eigenvalue weighted by Crippen LogP contribution is 2.20. The average Bonchev–Trinajstić information content (AvgIpc) is 3.28. The van der Waals surface area contributed by atoms with E-state index in [0.29, 0.717) is 6.61 Å². The van der Waals surface area contributed by atoms with Crippen molar-refractivity contribution in [2.24, 2.45) is 5.10 Å². The normalized spacial score (nSPS) is 11.0. The van der Waals surface area contributed by atoms with Crippen LogP contribution in [0.25, 0.3) is 10.8 Å². The van der Waals surface area contributed by atoms with E-state index in [2.05, 4.69) is 34.8 Å². The van der Waals surface area contributed by atoms with Gasteiger partial charge in [-0.05, 0) is 58.3 Å². The van der Waals surface area contributed by atoms with E-state index in [0.717, 1.165) is 16.9 Å². The first kappa shape index (κ1) is 17.5. The largest absolute Gasteiger partial charge is 0.489 e. The summed E-state index contributed by atoms with van der Waals surface area (Å²) in [5, 5.41) is 6.33. The van der Waals surface area contributed by atoms with Gasteiger partial charge in [-0.25, -0.2) is 5.43 Å². The van der Waals surface area contributed by atoms with Gasteiger partial charge in [0.2, 0.25) is 0 Å². The van der Waals surface area contributed by atoms with E-state index < -0.39 is 5.91 Å². The van der Waals surface area contributed by atoms with Crippen molar-refractivity contribution in [2.75, 3.05) is 0 Å². The van der Waals surface area contributed by atoms with Gasteiger partial charge in [-0.15, -0.1) is 0 Å². The van der Waals surface area contributed by atoms with E-state index in [1.807, 2.05) is 42.5 Å². The Bertz CT molecular complexity index is 1100. The molecule has 5 nitrogen and oxygen atoms in total. The molecule has 1 heterocycles. The molecule has 5 heteroatoms. The molecule has 0 saturated carbocycles. The first-order chi connectivity index (χ1) is 13.8. The molecule has 0 aliphatic carbocycles. The molecule has 0 fully saturated rings. The SMILES string of the molecule is O=C(N/N=C\c1ccc(OCc2cccc3ccccc23)cc1)c1ccco1. The van der Waals surface area contributed by atoms with Crippen molar-refractivity contribution in [1.82, 2.24) is 5.43 Å². The summed E-state index contributed by atoms with van der Waals surface area (Å²) >= 11 is 0. The molecule has 0 aliphatic heterocycles. The van der Waals surface area contributed by atoms with Gasteiger partial charge in [0.05, 0.1) is 12.5 Å². The lowest BCUT2D eigenvalue weighted by molar-refractivity contribution is 0.0927. The first-order valence-corrected chi connectivity index (χ1v) is 8.86. The second-order valence-corrected chi connectivity index (χ2v) is 6.17. The van der Waals surface area contributed by atoms with E-state index in [4.69, 9.17) is 9.15 Å². The number of ether oxygens (including phenoxy) is 1. The Kier molecular flexibility index (Phi) is 5.15. The predicted molar refractivity (Wildman–Crippen MR) is 108 cm³/mol. The Morgan fingerprint density at radius 2 is 1.79 bits per heavy atom. The lowest BCUT2D eigenvalue weighted by atomic mass is 10.1. The van der Waals surface area contributed by atoms with Crippen LogP contribution in [-0.2, 0) is 6.61 Å². The number of benzene rings is 3. The van der Waals surface area contributed by atoms with E-state index in [1.165, 1.54) is 17.0 Å². The fraction of sp³-hybridized carbons (Fsp3) is 0.0435. The number of carbonyl (C=O) groups is 1. The Hall–Kier alpha value is -3.86. The molecule has 0 unspecified atom stereocenters. The molecule has 1 amide bonds. The van der Waals surface area contributed by atoms with Crippen molar-refractivity contribution < 1.29 is 13.9 Å². The van der Waals surface area contributed by atoms with Gasteiger partial charge < -0.3 is 9.15 Å². The van der Waals surface area contributed by atoms with Crippen molar-refractivity contribution in [1.29, 1.82) is 0 Å². The number of nitrogens with zero attached hydrogens (tertiary/aromatic N) is 1. The number of hydrogen-bond donors (Lipinski definition) is 1. The molecule has 0 bridgehead atoms. The number of fused-ring (bicyclic) bond motifs is 1. The summed E-state index contributed by atoms with van der Waals surface area (Å²) in [6.45, 7) is 0.494.